The van der Waals surface area contributed by atoms with E-state index in [0.717, 1.165) is 0 Å². The Kier molecular flexibility index (Phi) is 12.6. The van der Waals surface area contributed by atoms with E-state index >= 15 is 0 Å². The van der Waals surface area contributed by atoms with Gasteiger partial charge in [0.2, 0.25) is 5.91 Å². The molecule has 2 N–H and O–H groups in total. The van der Waals surface area contributed by atoms with Crippen molar-refractivity contribution in [3.8, 4) is 0 Å². The second-order valence-electron chi connectivity index (χ2n) is 3.99. The van der Waals surface area contributed by atoms with Crippen molar-refractivity contribution >= 4 is 39.7 Å². The molecular weight excluding hydrogens is 334 g/mol. The van der Waals surface area contributed by atoms with Gasteiger partial charge in [0, 0.05) is 26.4 Å². The third-order valence-electron chi connectivity index (χ3n) is 2.75. The van der Waals surface area contributed by atoms with E-state index in [2.05, 4.69) is 19.6 Å². The zero-order valence-electron chi connectivity index (χ0n) is 12.7. The Balaban J connectivity index is 4.70. The molecule has 0 aromatic rings. The lowest BCUT2D eigenvalue weighted by Crippen LogP contribution is -2.51. The van der Waals surface area contributed by atoms with Crippen LogP contribution in [0.2, 0.25) is 0 Å². The van der Waals surface area contributed by atoms with Crippen LogP contribution in [-0.2, 0) is 23.8 Å². The maximum absolute atomic E-state index is 12.2. The van der Waals surface area contributed by atoms with E-state index in [1.165, 1.54) is 21.3 Å². The van der Waals surface area contributed by atoms with Gasteiger partial charge in [-0.15, -0.1) is 20.3 Å². The van der Waals surface area contributed by atoms with Crippen LogP contribution < -0.4 is 10.6 Å². The number of carbonyl (C=O) groups is 2. The van der Waals surface area contributed by atoms with Crippen molar-refractivity contribution in [1.29, 1.82) is 0 Å². The molecule has 0 bridgehead atoms. The van der Waals surface area contributed by atoms with E-state index in [9.17, 15) is 9.59 Å². The number of hydrogen-bond acceptors (Lipinski definition) is 7. The Morgan fingerprint density at radius 3 is 2.29 bits per heavy atom. The molecule has 0 aromatic heterocycles. The number of esters is 1. The molecular formula is C11H24N2O5P2S. The Bertz CT molecular complexity index is 321. The molecule has 10 heteroatoms. The summed E-state index contributed by atoms with van der Waals surface area (Å²) in [6.45, 7) is 0. The lowest BCUT2D eigenvalue weighted by atomic mass is 10.2. The summed E-state index contributed by atoms with van der Waals surface area (Å²) in [7, 11) is 9.15. The normalized spacial score (nSPS) is 14.4. The zero-order chi connectivity index (χ0) is 16.3. The summed E-state index contributed by atoms with van der Waals surface area (Å²) in [4.78, 5) is 24.0. The van der Waals surface area contributed by atoms with Crippen LogP contribution in [0.3, 0.4) is 0 Å². The van der Waals surface area contributed by atoms with Crippen molar-refractivity contribution in [3.05, 3.63) is 0 Å². The molecule has 0 radical (unpaired) electrons. The largest absolute Gasteiger partial charge is 0.467 e. The summed E-state index contributed by atoms with van der Waals surface area (Å²) < 4.78 is 14.8. The van der Waals surface area contributed by atoms with Crippen molar-refractivity contribution < 1.29 is 23.8 Å². The van der Waals surface area contributed by atoms with Crippen LogP contribution in [0.25, 0.3) is 0 Å². The highest BCUT2D eigenvalue weighted by molar-refractivity contribution is 8.64. The van der Waals surface area contributed by atoms with E-state index in [-0.39, 0.29) is 18.4 Å². The van der Waals surface area contributed by atoms with E-state index in [0.29, 0.717) is 13.2 Å². The summed E-state index contributed by atoms with van der Waals surface area (Å²) in [6, 6.07) is -1.19. The molecule has 0 aromatic carbocycles. The van der Waals surface area contributed by atoms with Crippen molar-refractivity contribution in [3.63, 3.8) is 0 Å². The molecule has 0 aliphatic rings. The summed E-state index contributed by atoms with van der Waals surface area (Å²) in [6.07, 6.45) is -0.411. The van der Waals surface area contributed by atoms with Gasteiger partial charge >= 0.3 is 5.97 Å². The van der Waals surface area contributed by atoms with Crippen LogP contribution in [-0.4, -0.2) is 64.4 Å². The maximum atomic E-state index is 12.2. The van der Waals surface area contributed by atoms with Gasteiger partial charge in [0.1, 0.15) is 6.04 Å². The Morgan fingerprint density at radius 2 is 1.86 bits per heavy atom. The highest BCUT2D eigenvalue weighted by atomic mass is 32.9. The zero-order valence-corrected chi connectivity index (χ0v) is 15.6. The second-order valence-corrected chi connectivity index (χ2v) is 8.54. The fraction of sp³-hybridized carbons (Fsp3) is 0.818. The average molecular weight is 358 g/mol. The fourth-order valence-corrected chi connectivity index (χ4v) is 3.77. The minimum absolute atomic E-state index is 0.181. The Labute approximate surface area is 133 Å². The van der Waals surface area contributed by atoms with Gasteiger partial charge in [-0.2, -0.15) is 0 Å². The first-order chi connectivity index (χ1) is 10.0. The Morgan fingerprint density at radius 1 is 1.24 bits per heavy atom. The van der Waals surface area contributed by atoms with Crippen molar-refractivity contribution in [2.24, 2.45) is 0 Å². The third-order valence-corrected chi connectivity index (χ3v) is 5.92. The van der Waals surface area contributed by atoms with Gasteiger partial charge in [0.05, 0.1) is 13.2 Å². The first-order valence-electron chi connectivity index (χ1n) is 6.22. The van der Waals surface area contributed by atoms with Gasteiger partial charge in [-0.05, 0) is 14.5 Å². The second kappa shape index (κ2) is 12.6. The quantitative estimate of drug-likeness (QED) is 0.313. The van der Waals surface area contributed by atoms with E-state index in [1.807, 2.05) is 0 Å². The molecule has 0 saturated carbocycles. The number of methoxy groups -OCH3 is 3. The van der Waals surface area contributed by atoms with Gasteiger partial charge in [-0.25, -0.2) is 4.79 Å². The molecule has 0 aliphatic heterocycles. The first kappa shape index (κ1) is 21.0. The fourth-order valence-electron chi connectivity index (χ4n) is 1.53. The van der Waals surface area contributed by atoms with E-state index in [4.69, 9.17) is 14.2 Å². The molecule has 7 nitrogen and oxygen atoms in total. The third kappa shape index (κ3) is 8.29. The van der Waals surface area contributed by atoms with Gasteiger partial charge in [-0.3, -0.25) is 4.79 Å². The minimum atomic E-state index is -0.813. The van der Waals surface area contributed by atoms with Crippen LogP contribution in [0.1, 0.15) is 6.42 Å². The number of amides is 1. The van der Waals surface area contributed by atoms with Crippen LogP contribution in [0, 0.1) is 0 Å². The molecule has 0 saturated heterocycles. The SMILES string of the molecule is CN[C@@H](CSPP)C(=O)N[C@@H](CC(OC)OC)C(=O)OC. The number of rotatable bonds is 11. The molecule has 124 valence electrons. The van der Waals surface area contributed by atoms with Crippen molar-refractivity contribution in [2.45, 2.75) is 24.8 Å². The lowest BCUT2D eigenvalue weighted by Gasteiger charge is -2.23. The molecule has 21 heavy (non-hydrogen) atoms. The predicted molar refractivity (Wildman–Crippen MR) is 89.7 cm³/mol. The number of nitrogens with one attached hydrogen (secondary N) is 2. The average Bonchev–Trinajstić information content (AvgIpc) is 2.51. The van der Waals surface area contributed by atoms with Crippen LogP contribution in [0.15, 0.2) is 0 Å². The van der Waals surface area contributed by atoms with Crippen LogP contribution in [0.4, 0.5) is 0 Å². The van der Waals surface area contributed by atoms with E-state index < -0.39 is 18.3 Å². The molecule has 0 rings (SSSR count). The van der Waals surface area contributed by atoms with Crippen molar-refractivity contribution in [1.82, 2.24) is 10.6 Å². The summed E-state index contributed by atoms with van der Waals surface area (Å²) in [5.74, 6) is -0.164. The van der Waals surface area contributed by atoms with Gasteiger partial charge in [0.15, 0.2) is 6.29 Å². The van der Waals surface area contributed by atoms with Crippen LogP contribution >= 0.6 is 27.8 Å². The lowest BCUT2D eigenvalue weighted by molar-refractivity contribution is -0.152. The van der Waals surface area contributed by atoms with Crippen molar-refractivity contribution in [2.75, 3.05) is 34.1 Å². The molecule has 0 heterocycles. The maximum Gasteiger partial charge on any atom is 0.328 e. The molecule has 0 spiro atoms. The van der Waals surface area contributed by atoms with Gasteiger partial charge in [-0.1, -0.05) is 0 Å². The molecule has 1 amide bonds. The number of ether oxygens (including phenoxy) is 3. The number of likely N-dealkylation sites (N-methyl/N-ethyl adjacent to an activating group) is 1. The summed E-state index contributed by atoms with van der Waals surface area (Å²) >= 11 is 1.64. The standard InChI is InChI=1S/C11H24N2O5P2S/c1-12-8(6-21-20-19)10(14)13-7(11(15)18-4)5-9(16-2)17-3/h7-9,12,20H,5-6,19H2,1-4H3,(H,13,14)/t7-,8-/m0/s1. The topological polar surface area (TPSA) is 85.9 Å². The van der Waals surface area contributed by atoms with Gasteiger partial charge < -0.3 is 24.8 Å². The highest BCUT2D eigenvalue weighted by Gasteiger charge is 2.28. The summed E-state index contributed by atoms with van der Waals surface area (Å²) in [5, 5.41) is 5.60. The highest BCUT2D eigenvalue weighted by Crippen LogP contribution is 2.36. The molecule has 0 aliphatic carbocycles. The monoisotopic (exact) mass is 358 g/mol. The number of hydrogen-bond donors (Lipinski definition) is 2. The predicted octanol–water partition coefficient (Wildman–Crippen LogP) is 0.358. The van der Waals surface area contributed by atoms with E-state index in [1.54, 1.807) is 18.4 Å². The first-order valence-corrected chi connectivity index (χ1v) is 10.7. The smallest absolute Gasteiger partial charge is 0.328 e. The minimum Gasteiger partial charge on any atom is -0.467 e. The molecule has 4 atom stereocenters. The number of carbonyl (C=O) groups excluding carboxylic acids is 2. The summed E-state index contributed by atoms with van der Waals surface area (Å²) in [5.41, 5.74) is 0. The Hall–Kier alpha value is 0.0300. The molecule has 2 unspecified atom stereocenters. The van der Waals surface area contributed by atoms with Crippen LogP contribution in [0.5, 0.6) is 0 Å². The van der Waals surface area contributed by atoms with Gasteiger partial charge in [0.25, 0.3) is 0 Å². The molecule has 0 fully saturated rings.